The van der Waals surface area contributed by atoms with E-state index in [0.717, 1.165) is 5.69 Å². The highest BCUT2D eigenvalue weighted by Crippen LogP contribution is 2.27. The fraction of sp³-hybridized carbons (Fsp3) is 0. The largest absolute Gasteiger partial charge is 0.399 e. The second-order valence-electron chi connectivity index (χ2n) is 4.26. The van der Waals surface area contributed by atoms with Gasteiger partial charge in [-0.05, 0) is 36.4 Å². The van der Waals surface area contributed by atoms with Gasteiger partial charge in [0, 0.05) is 11.4 Å². The predicted octanol–water partition coefficient (Wildman–Crippen LogP) is 1.90. The standard InChI is InChI=1S/C14H11N3O2/c15-8-4-6-9(7-5-8)16-11-3-1-2-10-12(11)14(19)17-13(10)18/h1-7,16H,15H2,(H,17,18,19). The molecule has 0 fully saturated rings. The minimum atomic E-state index is -0.376. The van der Waals surface area contributed by atoms with Crippen LogP contribution in [0.2, 0.25) is 0 Å². The van der Waals surface area contributed by atoms with Crippen molar-refractivity contribution in [1.29, 1.82) is 0 Å². The zero-order valence-electron chi connectivity index (χ0n) is 9.94. The van der Waals surface area contributed by atoms with Crippen molar-refractivity contribution in [2.45, 2.75) is 0 Å². The number of rotatable bonds is 2. The fourth-order valence-electron chi connectivity index (χ4n) is 2.05. The second-order valence-corrected chi connectivity index (χ2v) is 4.26. The molecular weight excluding hydrogens is 242 g/mol. The number of hydrogen-bond donors (Lipinski definition) is 3. The van der Waals surface area contributed by atoms with Gasteiger partial charge in [-0.15, -0.1) is 0 Å². The van der Waals surface area contributed by atoms with Crippen molar-refractivity contribution in [3.05, 3.63) is 53.6 Å². The summed E-state index contributed by atoms with van der Waals surface area (Å²) < 4.78 is 0. The zero-order valence-corrected chi connectivity index (χ0v) is 9.94. The van der Waals surface area contributed by atoms with Crippen LogP contribution in [0.25, 0.3) is 0 Å². The average Bonchev–Trinajstić information content (AvgIpc) is 2.69. The molecule has 0 unspecified atom stereocenters. The molecule has 1 aliphatic rings. The second kappa shape index (κ2) is 4.13. The van der Waals surface area contributed by atoms with Crippen LogP contribution >= 0.6 is 0 Å². The van der Waals surface area contributed by atoms with Crippen LogP contribution in [0.4, 0.5) is 17.1 Å². The lowest BCUT2D eigenvalue weighted by Gasteiger charge is -2.09. The van der Waals surface area contributed by atoms with E-state index in [1.165, 1.54) is 0 Å². The number of hydrogen-bond acceptors (Lipinski definition) is 4. The number of benzene rings is 2. The molecule has 5 nitrogen and oxygen atoms in total. The van der Waals surface area contributed by atoms with Crippen molar-refractivity contribution >= 4 is 28.9 Å². The number of imide groups is 1. The maximum atomic E-state index is 11.7. The number of nitrogens with two attached hydrogens (primary N) is 1. The van der Waals surface area contributed by atoms with Crippen LogP contribution in [0.3, 0.4) is 0 Å². The minimum Gasteiger partial charge on any atom is -0.399 e. The fourth-order valence-corrected chi connectivity index (χ4v) is 2.05. The Morgan fingerprint density at radius 3 is 2.42 bits per heavy atom. The summed E-state index contributed by atoms with van der Waals surface area (Å²) in [5.41, 5.74) is 8.45. The van der Waals surface area contributed by atoms with Gasteiger partial charge in [-0.3, -0.25) is 14.9 Å². The maximum Gasteiger partial charge on any atom is 0.261 e. The van der Waals surface area contributed by atoms with Gasteiger partial charge in [0.05, 0.1) is 16.8 Å². The van der Waals surface area contributed by atoms with Gasteiger partial charge in [-0.1, -0.05) is 6.07 Å². The molecule has 0 saturated heterocycles. The van der Waals surface area contributed by atoms with Gasteiger partial charge in [0.1, 0.15) is 0 Å². The lowest BCUT2D eigenvalue weighted by atomic mass is 10.1. The first-order chi connectivity index (χ1) is 9.15. The van der Waals surface area contributed by atoms with E-state index in [-0.39, 0.29) is 11.8 Å². The summed E-state index contributed by atoms with van der Waals surface area (Å²) in [6, 6.07) is 12.3. The quantitative estimate of drug-likeness (QED) is 0.563. The summed E-state index contributed by atoms with van der Waals surface area (Å²) in [5, 5.41) is 5.39. The number of carbonyl (C=O) groups is 2. The van der Waals surface area contributed by atoms with Crippen molar-refractivity contribution in [3.63, 3.8) is 0 Å². The molecule has 2 aromatic carbocycles. The molecule has 1 aliphatic heterocycles. The highest BCUT2D eigenvalue weighted by molar-refractivity contribution is 6.24. The van der Waals surface area contributed by atoms with Gasteiger partial charge in [-0.25, -0.2) is 0 Å². The van der Waals surface area contributed by atoms with E-state index in [4.69, 9.17) is 5.73 Å². The van der Waals surface area contributed by atoms with Crippen molar-refractivity contribution in [3.8, 4) is 0 Å². The van der Waals surface area contributed by atoms with Crippen LogP contribution in [0.15, 0.2) is 42.5 Å². The molecule has 0 bridgehead atoms. The number of nitrogens with one attached hydrogen (secondary N) is 2. The zero-order chi connectivity index (χ0) is 13.4. The molecule has 94 valence electrons. The molecule has 0 saturated carbocycles. The number of nitrogen functional groups attached to an aromatic ring is 1. The van der Waals surface area contributed by atoms with E-state index in [1.54, 1.807) is 30.3 Å². The van der Waals surface area contributed by atoms with Gasteiger partial charge >= 0.3 is 0 Å². The molecule has 4 N–H and O–H groups in total. The first-order valence-corrected chi connectivity index (χ1v) is 5.76. The summed E-state index contributed by atoms with van der Waals surface area (Å²) in [7, 11) is 0. The van der Waals surface area contributed by atoms with E-state index < -0.39 is 0 Å². The molecule has 0 aromatic heterocycles. The lowest BCUT2D eigenvalue weighted by molar-refractivity contribution is 0.0880. The van der Waals surface area contributed by atoms with E-state index >= 15 is 0 Å². The Morgan fingerprint density at radius 1 is 0.947 bits per heavy atom. The predicted molar refractivity (Wildman–Crippen MR) is 72.4 cm³/mol. The third-order valence-electron chi connectivity index (χ3n) is 2.95. The summed E-state index contributed by atoms with van der Waals surface area (Å²) in [6.07, 6.45) is 0. The monoisotopic (exact) mass is 253 g/mol. The molecule has 0 spiro atoms. The molecule has 3 rings (SSSR count). The molecule has 0 radical (unpaired) electrons. The number of amides is 2. The molecule has 2 amide bonds. The third-order valence-corrected chi connectivity index (χ3v) is 2.95. The van der Waals surface area contributed by atoms with Crippen LogP contribution in [0.1, 0.15) is 20.7 Å². The summed E-state index contributed by atoms with van der Waals surface area (Å²) in [6.45, 7) is 0. The first kappa shape index (κ1) is 11.3. The highest BCUT2D eigenvalue weighted by Gasteiger charge is 2.29. The van der Waals surface area contributed by atoms with Gasteiger partial charge in [-0.2, -0.15) is 0 Å². The van der Waals surface area contributed by atoms with Crippen molar-refractivity contribution < 1.29 is 9.59 Å². The minimum absolute atomic E-state index is 0.360. The SMILES string of the molecule is Nc1ccc(Nc2cccc3c2C(=O)NC3=O)cc1. The number of fused-ring (bicyclic) bond motifs is 1. The van der Waals surface area contributed by atoms with E-state index in [1.807, 2.05) is 12.1 Å². The Kier molecular flexibility index (Phi) is 2.45. The molecule has 0 atom stereocenters. The molecule has 19 heavy (non-hydrogen) atoms. The molecule has 0 aliphatic carbocycles. The van der Waals surface area contributed by atoms with E-state index in [2.05, 4.69) is 10.6 Å². The van der Waals surface area contributed by atoms with Gasteiger partial charge in [0.15, 0.2) is 0 Å². The van der Waals surface area contributed by atoms with Crippen LogP contribution in [-0.2, 0) is 0 Å². The van der Waals surface area contributed by atoms with Crippen LogP contribution in [-0.4, -0.2) is 11.8 Å². The van der Waals surface area contributed by atoms with Crippen LogP contribution in [0, 0.1) is 0 Å². The molecule has 1 heterocycles. The van der Waals surface area contributed by atoms with Crippen LogP contribution < -0.4 is 16.4 Å². The average molecular weight is 253 g/mol. The lowest BCUT2D eigenvalue weighted by Crippen LogP contribution is -2.20. The first-order valence-electron chi connectivity index (χ1n) is 5.76. The molecule has 2 aromatic rings. The molecular formula is C14H11N3O2. The number of anilines is 3. The smallest absolute Gasteiger partial charge is 0.261 e. The van der Waals surface area contributed by atoms with Gasteiger partial charge in [0.2, 0.25) is 0 Å². The van der Waals surface area contributed by atoms with Gasteiger partial charge < -0.3 is 11.1 Å². The van der Waals surface area contributed by atoms with Crippen molar-refractivity contribution in [2.24, 2.45) is 0 Å². The van der Waals surface area contributed by atoms with E-state index in [0.29, 0.717) is 22.5 Å². The Hall–Kier alpha value is -2.82. The summed E-state index contributed by atoms with van der Waals surface area (Å²) in [5.74, 6) is -0.737. The Bertz CT molecular complexity index is 678. The Balaban J connectivity index is 2.01. The Morgan fingerprint density at radius 2 is 1.68 bits per heavy atom. The van der Waals surface area contributed by atoms with Crippen molar-refractivity contribution in [2.75, 3.05) is 11.1 Å². The van der Waals surface area contributed by atoms with E-state index in [9.17, 15) is 9.59 Å². The van der Waals surface area contributed by atoms with Crippen LogP contribution in [0.5, 0.6) is 0 Å². The third kappa shape index (κ3) is 1.91. The topological polar surface area (TPSA) is 84.2 Å². The molecule has 5 heteroatoms. The maximum absolute atomic E-state index is 11.7. The highest BCUT2D eigenvalue weighted by atomic mass is 16.2. The van der Waals surface area contributed by atoms with Gasteiger partial charge in [0.25, 0.3) is 11.8 Å². The summed E-state index contributed by atoms with van der Waals surface area (Å²) >= 11 is 0. The number of carbonyl (C=O) groups excluding carboxylic acids is 2. The normalized spacial score (nSPS) is 13.1. The summed E-state index contributed by atoms with van der Waals surface area (Å²) in [4.78, 5) is 23.3. The van der Waals surface area contributed by atoms with Crippen molar-refractivity contribution in [1.82, 2.24) is 5.32 Å². The Labute approximate surface area is 109 Å².